The van der Waals surface area contributed by atoms with Crippen molar-refractivity contribution in [2.75, 3.05) is 37.5 Å². The number of hydrogen-bond acceptors (Lipinski definition) is 9. The van der Waals surface area contributed by atoms with Crippen LogP contribution in [0.25, 0.3) is 5.69 Å². The Kier molecular flexibility index (Phi) is 7.49. The summed E-state index contributed by atoms with van der Waals surface area (Å²) < 4.78 is 29.7. The van der Waals surface area contributed by atoms with E-state index >= 15 is 0 Å². The van der Waals surface area contributed by atoms with E-state index in [9.17, 15) is 18.0 Å². The van der Waals surface area contributed by atoms with E-state index in [0.717, 1.165) is 17.4 Å². The van der Waals surface area contributed by atoms with E-state index < -0.39 is 15.9 Å². The average Bonchev–Trinajstić information content (AvgIpc) is 3.36. The highest BCUT2D eigenvalue weighted by Crippen LogP contribution is 2.20. The van der Waals surface area contributed by atoms with Crippen LogP contribution in [-0.2, 0) is 19.4 Å². The van der Waals surface area contributed by atoms with Gasteiger partial charge in [0.2, 0.25) is 17.0 Å². The third-order valence-corrected chi connectivity index (χ3v) is 7.42. The van der Waals surface area contributed by atoms with Crippen LogP contribution in [0.5, 0.6) is 5.75 Å². The molecule has 11 nitrogen and oxygen atoms in total. The molecule has 1 aromatic carbocycles. The van der Waals surface area contributed by atoms with Crippen molar-refractivity contribution in [1.82, 2.24) is 30.4 Å². The Morgan fingerprint density at radius 1 is 1.32 bits per heavy atom. The van der Waals surface area contributed by atoms with Gasteiger partial charge in [0, 0.05) is 12.6 Å². The second-order valence-electron chi connectivity index (χ2n) is 6.94. The largest absolute Gasteiger partial charge is 0.497 e. The molecule has 1 atom stereocenters. The maximum atomic E-state index is 12.6. The molecule has 3 rings (SSSR count). The standard InChI is InChI=1S/C18H24N6O5S2/c1-3-23(10-16(25)19-13-8-9-31(27,28)12-13)17(26)11-30-18-20-21-22-24(18)14-4-6-15(29-2)7-5-14/h4-7,13H,3,8-12H2,1-2H3,(H,19,25). The normalized spacial score (nSPS) is 17.3. The van der Waals surface area contributed by atoms with Gasteiger partial charge in [0.05, 0.1) is 36.6 Å². The lowest BCUT2D eigenvalue weighted by Gasteiger charge is -2.21. The quantitative estimate of drug-likeness (QED) is 0.501. The highest BCUT2D eigenvalue weighted by atomic mass is 32.2. The average molecular weight is 469 g/mol. The number of rotatable bonds is 9. The number of nitrogens with zero attached hydrogens (tertiary/aromatic N) is 5. The first-order valence-corrected chi connectivity index (χ1v) is 12.4. The highest BCUT2D eigenvalue weighted by Gasteiger charge is 2.29. The zero-order chi connectivity index (χ0) is 22.4. The second-order valence-corrected chi connectivity index (χ2v) is 10.1. The zero-order valence-electron chi connectivity index (χ0n) is 17.2. The van der Waals surface area contributed by atoms with Gasteiger partial charge in [-0.05, 0) is 48.0 Å². The van der Waals surface area contributed by atoms with Crippen LogP contribution in [0.1, 0.15) is 13.3 Å². The van der Waals surface area contributed by atoms with Crippen LogP contribution in [0.15, 0.2) is 29.4 Å². The summed E-state index contributed by atoms with van der Waals surface area (Å²) in [5.41, 5.74) is 0.721. The van der Waals surface area contributed by atoms with Crippen LogP contribution in [0.3, 0.4) is 0 Å². The lowest BCUT2D eigenvalue weighted by Crippen LogP contribution is -2.45. The molecule has 1 aliphatic rings. The third-order valence-electron chi connectivity index (χ3n) is 4.75. The first-order chi connectivity index (χ1) is 14.8. The molecule has 0 spiro atoms. The van der Waals surface area contributed by atoms with Crippen molar-refractivity contribution in [2.24, 2.45) is 0 Å². The first-order valence-electron chi connectivity index (χ1n) is 9.64. The number of amides is 2. The number of ether oxygens (including phenoxy) is 1. The minimum absolute atomic E-state index is 0.0510. The fourth-order valence-corrected chi connectivity index (χ4v) is 5.57. The van der Waals surface area contributed by atoms with Crippen LogP contribution in [0.4, 0.5) is 0 Å². The molecule has 31 heavy (non-hydrogen) atoms. The van der Waals surface area contributed by atoms with E-state index in [0.29, 0.717) is 23.9 Å². The summed E-state index contributed by atoms with van der Waals surface area (Å²) in [5, 5.41) is 14.7. The molecule has 1 aliphatic heterocycles. The summed E-state index contributed by atoms with van der Waals surface area (Å²) in [7, 11) is -1.51. The number of sulfone groups is 1. The van der Waals surface area contributed by atoms with Gasteiger partial charge in [-0.2, -0.15) is 4.68 Å². The topological polar surface area (TPSA) is 136 Å². The zero-order valence-corrected chi connectivity index (χ0v) is 18.9. The molecule has 0 radical (unpaired) electrons. The number of aromatic nitrogens is 4. The number of nitrogens with one attached hydrogen (secondary N) is 1. The maximum Gasteiger partial charge on any atom is 0.239 e. The van der Waals surface area contributed by atoms with Gasteiger partial charge in [0.15, 0.2) is 9.84 Å². The van der Waals surface area contributed by atoms with Crippen molar-refractivity contribution in [3.8, 4) is 11.4 Å². The van der Waals surface area contributed by atoms with Crippen LogP contribution < -0.4 is 10.1 Å². The van der Waals surface area contributed by atoms with Gasteiger partial charge in [-0.15, -0.1) is 5.10 Å². The summed E-state index contributed by atoms with van der Waals surface area (Å²) in [6, 6.07) is 6.77. The lowest BCUT2D eigenvalue weighted by atomic mass is 10.2. The van der Waals surface area contributed by atoms with E-state index in [1.165, 1.54) is 9.58 Å². The van der Waals surface area contributed by atoms with Crippen LogP contribution in [0.2, 0.25) is 0 Å². The van der Waals surface area contributed by atoms with Crippen LogP contribution in [0, 0.1) is 0 Å². The van der Waals surface area contributed by atoms with Crippen LogP contribution >= 0.6 is 11.8 Å². The van der Waals surface area contributed by atoms with Gasteiger partial charge in [-0.3, -0.25) is 9.59 Å². The number of benzene rings is 1. The SMILES string of the molecule is CCN(CC(=O)NC1CCS(=O)(=O)C1)C(=O)CSc1nnnn1-c1ccc(OC)cc1. The summed E-state index contributed by atoms with van der Waals surface area (Å²) in [4.78, 5) is 26.3. The van der Waals surface area contributed by atoms with Gasteiger partial charge in [0.1, 0.15) is 5.75 Å². The Balaban J connectivity index is 1.54. The van der Waals surface area contributed by atoms with Crippen molar-refractivity contribution in [1.29, 1.82) is 0 Å². The molecule has 1 unspecified atom stereocenters. The van der Waals surface area contributed by atoms with Gasteiger partial charge >= 0.3 is 0 Å². The lowest BCUT2D eigenvalue weighted by molar-refractivity contribution is -0.134. The Labute approximate surface area is 184 Å². The van der Waals surface area contributed by atoms with Gasteiger partial charge in [-0.1, -0.05) is 11.8 Å². The van der Waals surface area contributed by atoms with Crippen molar-refractivity contribution in [2.45, 2.75) is 24.5 Å². The van der Waals surface area contributed by atoms with E-state index in [-0.39, 0.29) is 35.6 Å². The number of hydrogen-bond donors (Lipinski definition) is 1. The molecule has 1 N–H and O–H groups in total. The number of methoxy groups -OCH3 is 1. The minimum Gasteiger partial charge on any atom is -0.497 e. The van der Waals surface area contributed by atoms with E-state index in [4.69, 9.17) is 4.74 Å². The molecular weight excluding hydrogens is 444 g/mol. The number of likely N-dealkylation sites (N-methyl/N-ethyl adjacent to an activating group) is 1. The second kappa shape index (κ2) is 10.1. The summed E-state index contributed by atoms with van der Waals surface area (Å²) in [6.45, 7) is 1.99. The predicted molar refractivity (Wildman–Crippen MR) is 114 cm³/mol. The first kappa shape index (κ1) is 23.0. The van der Waals surface area contributed by atoms with E-state index in [1.807, 2.05) is 0 Å². The number of thioether (sulfide) groups is 1. The van der Waals surface area contributed by atoms with E-state index in [1.54, 1.807) is 38.3 Å². The number of tetrazole rings is 1. The molecule has 1 fully saturated rings. The summed E-state index contributed by atoms with van der Waals surface area (Å²) >= 11 is 1.16. The highest BCUT2D eigenvalue weighted by molar-refractivity contribution is 7.99. The number of carbonyl (C=O) groups excluding carboxylic acids is 2. The molecule has 2 amide bonds. The fraction of sp³-hybridized carbons (Fsp3) is 0.500. The third kappa shape index (κ3) is 6.17. The Morgan fingerprint density at radius 3 is 2.68 bits per heavy atom. The van der Waals surface area contributed by atoms with Crippen molar-refractivity contribution >= 4 is 33.4 Å². The van der Waals surface area contributed by atoms with Crippen molar-refractivity contribution in [3.05, 3.63) is 24.3 Å². The molecule has 0 bridgehead atoms. The van der Waals surface area contributed by atoms with Gasteiger partial charge < -0.3 is 15.0 Å². The molecule has 1 aromatic heterocycles. The molecular formula is C18H24N6O5S2. The molecule has 13 heteroatoms. The Bertz CT molecular complexity index is 1020. The molecule has 2 heterocycles. The monoisotopic (exact) mass is 468 g/mol. The molecule has 0 aliphatic carbocycles. The van der Waals surface area contributed by atoms with Gasteiger partial charge in [0.25, 0.3) is 0 Å². The molecule has 1 saturated heterocycles. The van der Waals surface area contributed by atoms with E-state index in [2.05, 4.69) is 20.8 Å². The predicted octanol–water partition coefficient (Wildman–Crippen LogP) is -0.0852. The molecule has 2 aromatic rings. The van der Waals surface area contributed by atoms with Crippen molar-refractivity contribution < 1.29 is 22.7 Å². The minimum atomic E-state index is -3.08. The summed E-state index contributed by atoms with van der Waals surface area (Å²) in [6.07, 6.45) is 0.401. The van der Waals surface area contributed by atoms with Crippen LogP contribution in [-0.4, -0.2) is 88.8 Å². The molecule has 168 valence electrons. The number of carbonyl (C=O) groups is 2. The van der Waals surface area contributed by atoms with Gasteiger partial charge in [-0.25, -0.2) is 8.42 Å². The summed E-state index contributed by atoms with van der Waals surface area (Å²) in [5.74, 6) is 0.163. The molecule has 0 saturated carbocycles. The Hall–Kier alpha value is -2.67. The maximum absolute atomic E-state index is 12.6. The Morgan fingerprint density at radius 2 is 2.06 bits per heavy atom. The van der Waals surface area contributed by atoms with Crippen molar-refractivity contribution in [3.63, 3.8) is 0 Å². The fourth-order valence-electron chi connectivity index (χ4n) is 3.10. The smallest absolute Gasteiger partial charge is 0.239 e.